The Balaban J connectivity index is 1.23. The third kappa shape index (κ3) is 3.95. The van der Waals surface area contributed by atoms with Crippen molar-refractivity contribution in [3.8, 4) is 5.75 Å². The van der Waals surface area contributed by atoms with Crippen LogP contribution in [0.1, 0.15) is 44.3 Å². The maximum Gasteiger partial charge on any atom is 0.276 e. The minimum Gasteiger partial charge on any atom is -0.503 e. The summed E-state index contributed by atoms with van der Waals surface area (Å²) in [7, 11) is 0. The lowest BCUT2D eigenvalue weighted by Gasteiger charge is -2.35. The van der Waals surface area contributed by atoms with Crippen molar-refractivity contribution in [3.63, 3.8) is 0 Å². The Labute approximate surface area is 215 Å². The molecule has 3 aliphatic rings. The van der Waals surface area contributed by atoms with E-state index in [-0.39, 0.29) is 42.9 Å². The minimum absolute atomic E-state index is 0.00100. The lowest BCUT2D eigenvalue weighted by molar-refractivity contribution is 0.00546. The van der Waals surface area contributed by atoms with Gasteiger partial charge in [-0.15, -0.1) is 0 Å². The van der Waals surface area contributed by atoms with Gasteiger partial charge in [-0.25, -0.2) is 8.78 Å². The highest BCUT2D eigenvalue weighted by atomic mass is 19.1. The molecule has 1 fully saturated rings. The SMILES string of the molecule is O=C(NCc1ccc(F)cc1F)c1cn2c(c(O)c1=O)C(=O)N1[C@@H](CC3C=Nc4ccccc43)CO[C@@H]1C2. The molecular weight excluding hydrogens is 498 g/mol. The maximum atomic E-state index is 13.9. The molecule has 0 spiro atoms. The van der Waals surface area contributed by atoms with Crippen LogP contribution in [-0.2, 0) is 17.8 Å². The normalized spacial score (nSPS) is 21.3. The first-order chi connectivity index (χ1) is 18.3. The van der Waals surface area contributed by atoms with Gasteiger partial charge in [-0.1, -0.05) is 24.3 Å². The smallest absolute Gasteiger partial charge is 0.276 e. The summed E-state index contributed by atoms with van der Waals surface area (Å²) in [6, 6.07) is 10.4. The van der Waals surface area contributed by atoms with Crippen molar-refractivity contribution in [2.45, 2.75) is 37.7 Å². The van der Waals surface area contributed by atoms with Crippen molar-refractivity contribution >= 4 is 23.7 Å². The van der Waals surface area contributed by atoms with Gasteiger partial charge in [0.2, 0.25) is 5.43 Å². The fraction of sp³-hybridized carbons (Fsp3) is 0.259. The highest BCUT2D eigenvalue weighted by molar-refractivity contribution is 5.99. The van der Waals surface area contributed by atoms with E-state index in [0.29, 0.717) is 12.5 Å². The first kappa shape index (κ1) is 24.0. The van der Waals surface area contributed by atoms with E-state index in [9.17, 15) is 28.3 Å². The molecule has 3 atom stereocenters. The molecule has 2 N–H and O–H groups in total. The van der Waals surface area contributed by atoms with Gasteiger partial charge in [0.25, 0.3) is 11.8 Å². The number of hydrogen-bond donors (Lipinski definition) is 2. The number of aromatic nitrogens is 1. The Kier molecular flexibility index (Phi) is 5.79. The molecule has 6 rings (SSSR count). The molecule has 2 amide bonds. The Morgan fingerprint density at radius 3 is 2.82 bits per heavy atom. The van der Waals surface area contributed by atoms with Crippen LogP contribution < -0.4 is 10.7 Å². The van der Waals surface area contributed by atoms with E-state index < -0.39 is 46.4 Å². The van der Waals surface area contributed by atoms with E-state index in [4.69, 9.17) is 4.74 Å². The zero-order valence-corrected chi connectivity index (χ0v) is 19.9. The van der Waals surface area contributed by atoms with Gasteiger partial charge in [-0.2, -0.15) is 0 Å². The van der Waals surface area contributed by atoms with Crippen molar-refractivity contribution in [1.82, 2.24) is 14.8 Å². The Bertz CT molecular complexity index is 1570. The van der Waals surface area contributed by atoms with Gasteiger partial charge in [0.1, 0.15) is 17.2 Å². The number of halogens is 2. The fourth-order valence-corrected chi connectivity index (χ4v) is 5.29. The van der Waals surface area contributed by atoms with E-state index in [1.54, 1.807) is 4.90 Å². The molecule has 1 aromatic heterocycles. The largest absolute Gasteiger partial charge is 0.503 e. The van der Waals surface area contributed by atoms with Crippen LogP contribution in [0.3, 0.4) is 0 Å². The predicted octanol–water partition coefficient (Wildman–Crippen LogP) is 2.83. The van der Waals surface area contributed by atoms with Crippen molar-refractivity contribution in [2.24, 2.45) is 4.99 Å². The number of para-hydroxylation sites is 1. The van der Waals surface area contributed by atoms with Crippen LogP contribution in [-0.4, -0.2) is 51.5 Å². The number of pyridine rings is 1. The standard InChI is InChI=1S/C27H22F2N4O5/c28-16-6-5-14(20(29)8-16)9-31-26(36)19-11-32-12-22-33(27(37)23(32)25(35)24(19)34)17(13-38-22)7-15-10-30-21-4-2-1-3-18(15)21/h1-6,8,10-11,15,17,22,35H,7,9,12-13H2,(H,31,36)/t15?,17-,22+/m0/s1. The number of nitrogens with one attached hydrogen (secondary N) is 1. The van der Waals surface area contributed by atoms with E-state index >= 15 is 0 Å². The van der Waals surface area contributed by atoms with Gasteiger partial charge in [0, 0.05) is 36.5 Å². The summed E-state index contributed by atoms with van der Waals surface area (Å²) in [6.45, 7) is 0.0767. The Morgan fingerprint density at radius 2 is 2.00 bits per heavy atom. The molecule has 1 saturated heterocycles. The van der Waals surface area contributed by atoms with Crippen molar-refractivity contribution in [2.75, 3.05) is 6.61 Å². The summed E-state index contributed by atoms with van der Waals surface area (Å²) >= 11 is 0. The molecule has 1 unspecified atom stereocenters. The van der Waals surface area contributed by atoms with Crippen LogP contribution in [0.4, 0.5) is 14.5 Å². The number of hydrogen-bond acceptors (Lipinski definition) is 6. The summed E-state index contributed by atoms with van der Waals surface area (Å²) < 4.78 is 34.3. The van der Waals surface area contributed by atoms with Gasteiger partial charge < -0.3 is 24.6 Å². The molecule has 38 heavy (non-hydrogen) atoms. The number of carbonyl (C=O) groups excluding carboxylic acids is 2. The van der Waals surface area contributed by atoms with Crippen molar-refractivity contribution < 1.29 is 28.2 Å². The second-order valence-corrected chi connectivity index (χ2v) is 9.47. The second kappa shape index (κ2) is 9.18. The lowest BCUT2D eigenvalue weighted by Crippen LogP contribution is -2.50. The van der Waals surface area contributed by atoms with Gasteiger partial charge in [0.15, 0.2) is 17.7 Å². The molecule has 3 aliphatic heterocycles. The molecule has 11 heteroatoms. The quantitative estimate of drug-likeness (QED) is 0.537. The number of rotatable bonds is 5. The van der Waals surface area contributed by atoms with Crippen molar-refractivity contribution in [3.05, 3.63) is 92.9 Å². The van der Waals surface area contributed by atoms with Crippen LogP contribution >= 0.6 is 0 Å². The zero-order chi connectivity index (χ0) is 26.6. The van der Waals surface area contributed by atoms with Crippen LogP contribution in [0.25, 0.3) is 0 Å². The third-order valence-electron chi connectivity index (χ3n) is 7.19. The Hall–Kier alpha value is -4.38. The zero-order valence-electron chi connectivity index (χ0n) is 19.9. The monoisotopic (exact) mass is 520 g/mol. The number of aromatic hydroxyl groups is 1. The second-order valence-electron chi connectivity index (χ2n) is 9.47. The van der Waals surface area contributed by atoms with Crippen LogP contribution in [0.2, 0.25) is 0 Å². The molecule has 0 aliphatic carbocycles. The van der Waals surface area contributed by atoms with Crippen LogP contribution in [0.15, 0.2) is 58.4 Å². The average molecular weight is 520 g/mol. The van der Waals surface area contributed by atoms with Crippen LogP contribution in [0.5, 0.6) is 5.75 Å². The number of nitrogens with zero attached hydrogens (tertiary/aromatic N) is 3. The summed E-state index contributed by atoms with van der Waals surface area (Å²) in [5, 5.41) is 13.1. The summed E-state index contributed by atoms with van der Waals surface area (Å²) in [6.07, 6.45) is 2.97. The molecule has 194 valence electrons. The van der Waals surface area contributed by atoms with Gasteiger partial charge >= 0.3 is 0 Å². The van der Waals surface area contributed by atoms with E-state index in [2.05, 4.69) is 10.3 Å². The topological polar surface area (TPSA) is 113 Å². The lowest BCUT2D eigenvalue weighted by atomic mass is 9.93. The maximum absolute atomic E-state index is 13.9. The third-order valence-corrected chi connectivity index (χ3v) is 7.19. The highest BCUT2D eigenvalue weighted by Gasteiger charge is 2.45. The van der Waals surface area contributed by atoms with Crippen LogP contribution in [0, 0.1) is 11.6 Å². The highest BCUT2D eigenvalue weighted by Crippen LogP contribution is 2.38. The van der Waals surface area contributed by atoms with E-state index in [1.807, 2.05) is 30.5 Å². The summed E-state index contributed by atoms with van der Waals surface area (Å²) in [5.74, 6) is -3.88. The van der Waals surface area contributed by atoms with Crippen molar-refractivity contribution in [1.29, 1.82) is 0 Å². The number of aliphatic imine (C=N–C) groups is 1. The number of fused-ring (bicyclic) bond motifs is 3. The molecule has 0 saturated carbocycles. The molecule has 4 heterocycles. The molecule has 3 aromatic rings. The molecule has 2 aromatic carbocycles. The van der Waals surface area contributed by atoms with Gasteiger partial charge in [0.05, 0.1) is 24.9 Å². The Morgan fingerprint density at radius 1 is 1.18 bits per heavy atom. The number of amides is 2. The first-order valence-electron chi connectivity index (χ1n) is 12.1. The molecular formula is C27H22F2N4O5. The average Bonchev–Trinajstić information content (AvgIpc) is 3.50. The van der Waals surface area contributed by atoms with E-state index in [1.165, 1.54) is 16.8 Å². The molecule has 0 bridgehead atoms. The fourth-order valence-electron chi connectivity index (χ4n) is 5.29. The predicted molar refractivity (Wildman–Crippen MR) is 132 cm³/mol. The summed E-state index contributed by atoms with van der Waals surface area (Å²) in [5.41, 5.74) is 0.324. The minimum atomic E-state index is -1.02. The van der Waals surface area contributed by atoms with Gasteiger partial charge in [-0.3, -0.25) is 19.4 Å². The number of benzene rings is 2. The van der Waals surface area contributed by atoms with Gasteiger partial charge in [-0.05, 0) is 24.1 Å². The molecule has 9 nitrogen and oxygen atoms in total. The summed E-state index contributed by atoms with van der Waals surface area (Å²) in [4.78, 5) is 45.1. The molecule has 0 radical (unpaired) electrons. The first-order valence-corrected chi connectivity index (χ1v) is 12.1. The van der Waals surface area contributed by atoms with E-state index in [0.717, 1.165) is 17.3 Å². The number of carbonyl (C=O) groups is 2. The number of ether oxygens (including phenoxy) is 1.